The molecule has 0 radical (unpaired) electrons. The Morgan fingerprint density at radius 1 is 1.44 bits per heavy atom. The molecule has 7 heteroatoms. The quantitative estimate of drug-likeness (QED) is 0.798. The van der Waals surface area contributed by atoms with Crippen LogP contribution in [0.3, 0.4) is 0 Å². The lowest BCUT2D eigenvalue weighted by molar-refractivity contribution is -0.117. The van der Waals surface area contributed by atoms with Crippen molar-refractivity contribution in [3.05, 3.63) is 6.33 Å². The van der Waals surface area contributed by atoms with Gasteiger partial charge in [0, 0.05) is 20.1 Å². The lowest BCUT2D eigenvalue weighted by Gasteiger charge is -2.31. The topological polar surface area (TPSA) is 76.6 Å². The third-order valence-corrected chi connectivity index (χ3v) is 3.40. The zero-order chi connectivity index (χ0) is 12.7. The van der Waals surface area contributed by atoms with Gasteiger partial charge in [0.15, 0.2) is 5.82 Å². The lowest BCUT2D eigenvalue weighted by atomic mass is 10.1. The maximum absolute atomic E-state index is 12.0. The Morgan fingerprint density at radius 2 is 2.28 bits per heavy atom. The van der Waals surface area contributed by atoms with Gasteiger partial charge in [-0.25, -0.2) is 4.98 Å². The molecule has 2 atom stereocenters. The van der Waals surface area contributed by atoms with Crippen molar-refractivity contribution in [3.63, 3.8) is 0 Å². The number of hydrogen-bond acceptors (Lipinski definition) is 6. The minimum Gasteiger partial charge on any atom is -0.479 e. The maximum Gasteiger partial charge on any atom is 0.247 e. The molecule has 7 nitrogen and oxygen atoms in total. The van der Waals surface area contributed by atoms with Crippen molar-refractivity contribution in [3.8, 4) is 5.88 Å². The average Bonchev–Trinajstić information content (AvgIpc) is 2.83. The number of amides is 1. The Balaban J connectivity index is 2.04. The molecule has 3 heterocycles. The number of anilines is 2. The molecule has 2 unspecified atom stereocenters. The molecule has 3 rings (SSSR count). The molecule has 96 valence electrons. The summed E-state index contributed by atoms with van der Waals surface area (Å²) in [5.41, 5.74) is 0.540. The molecule has 1 aromatic rings. The normalized spacial score (nSPS) is 25.4. The van der Waals surface area contributed by atoms with Gasteiger partial charge in [0.1, 0.15) is 18.1 Å². The third kappa shape index (κ3) is 1.51. The van der Waals surface area contributed by atoms with Crippen molar-refractivity contribution in [2.24, 2.45) is 0 Å². The van der Waals surface area contributed by atoms with Crippen molar-refractivity contribution in [2.45, 2.75) is 18.6 Å². The van der Waals surface area contributed by atoms with E-state index in [1.54, 1.807) is 7.11 Å². The largest absolute Gasteiger partial charge is 0.479 e. The molecule has 0 aromatic carbocycles. The summed E-state index contributed by atoms with van der Waals surface area (Å²) in [4.78, 5) is 22.2. The minimum atomic E-state index is -0.220. The number of rotatable bonds is 2. The third-order valence-electron chi connectivity index (χ3n) is 3.40. The molecule has 1 saturated heterocycles. The van der Waals surface area contributed by atoms with E-state index >= 15 is 0 Å². The monoisotopic (exact) mass is 250 g/mol. The van der Waals surface area contributed by atoms with E-state index in [9.17, 15) is 4.79 Å². The molecule has 1 fully saturated rings. The molecule has 2 aliphatic heterocycles. The van der Waals surface area contributed by atoms with Crippen LogP contribution in [-0.4, -0.2) is 48.8 Å². The van der Waals surface area contributed by atoms with Crippen molar-refractivity contribution >= 4 is 17.4 Å². The van der Waals surface area contributed by atoms with Gasteiger partial charge in [0.25, 0.3) is 0 Å². The fourth-order valence-electron chi connectivity index (χ4n) is 2.50. The van der Waals surface area contributed by atoms with Crippen LogP contribution in [-0.2, 0) is 9.53 Å². The van der Waals surface area contributed by atoms with Crippen molar-refractivity contribution in [1.82, 2.24) is 9.97 Å². The second-order valence-corrected chi connectivity index (χ2v) is 4.33. The summed E-state index contributed by atoms with van der Waals surface area (Å²) in [5, 5.41) is 2.81. The number of methoxy groups -OCH3 is 2. The van der Waals surface area contributed by atoms with Crippen LogP contribution < -0.4 is 15.0 Å². The summed E-state index contributed by atoms with van der Waals surface area (Å²) in [5.74, 6) is 1.02. The SMILES string of the molecule is COc1ncnc2c1NC(=O)C1CC(OC)CN21. The Hall–Kier alpha value is -1.89. The van der Waals surface area contributed by atoms with E-state index in [0.717, 1.165) is 0 Å². The molecule has 2 aliphatic rings. The van der Waals surface area contributed by atoms with Gasteiger partial charge in [-0.05, 0) is 0 Å². The summed E-state index contributed by atoms with van der Waals surface area (Å²) in [7, 11) is 3.17. The number of carbonyl (C=O) groups excluding carboxylic acids is 1. The Bertz CT molecular complexity index is 493. The highest BCUT2D eigenvalue weighted by molar-refractivity contribution is 6.04. The predicted octanol–water partition coefficient (Wildman–Crippen LogP) is 0.0310. The first-order valence-corrected chi connectivity index (χ1v) is 5.74. The fourth-order valence-corrected chi connectivity index (χ4v) is 2.50. The van der Waals surface area contributed by atoms with E-state index in [-0.39, 0.29) is 18.1 Å². The second-order valence-electron chi connectivity index (χ2n) is 4.33. The summed E-state index contributed by atoms with van der Waals surface area (Å²) >= 11 is 0. The summed E-state index contributed by atoms with van der Waals surface area (Å²) < 4.78 is 10.5. The average molecular weight is 250 g/mol. The highest BCUT2D eigenvalue weighted by Gasteiger charge is 2.43. The van der Waals surface area contributed by atoms with Gasteiger partial charge in [0.2, 0.25) is 11.8 Å². The number of nitrogens with one attached hydrogen (secondary N) is 1. The van der Waals surface area contributed by atoms with Crippen LogP contribution in [0.5, 0.6) is 5.88 Å². The van der Waals surface area contributed by atoms with E-state index in [4.69, 9.17) is 9.47 Å². The zero-order valence-corrected chi connectivity index (χ0v) is 10.2. The summed E-state index contributed by atoms with van der Waals surface area (Å²) in [6.45, 7) is 0.655. The number of nitrogens with zero attached hydrogens (tertiary/aromatic N) is 3. The van der Waals surface area contributed by atoms with Gasteiger partial charge in [-0.3, -0.25) is 4.79 Å². The first kappa shape index (κ1) is 11.2. The smallest absolute Gasteiger partial charge is 0.247 e. The molecule has 1 aromatic heterocycles. The molecule has 1 amide bonds. The van der Waals surface area contributed by atoms with Gasteiger partial charge in [-0.2, -0.15) is 4.98 Å². The molecule has 1 N–H and O–H groups in total. The number of hydrogen-bond donors (Lipinski definition) is 1. The van der Waals surface area contributed by atoms with Crippen LogP contribution in [0.15, 0.2) is 6.33 Å². The van der Waals surface area contributed by atoms with E-state index in [1.807, 2.05) is 4.90 Å². The van der Waals surface area contributed by atoms with Crippen LogP contribution in [0.2, 0.25) is 0 Å². The Morgan fingerprint density at radius 3 is 3.00 bits per heavy atom. The van der Waals surface area contributed by atoms with Crippen molar-refractivity contribution < 1.29 is 14.3 Å². The number of ether oxygens (including phenoxy) is 2. The van der Waals surface area contributed by atoms with Crippen LogP contribution in [0.25, 0.3) is 0 Å². The highest BCUT2D eigenvalue weighted by Crippen LogP contribution is 2.39. The second kappa shape index (κ2) is 4.09. The number of fused-ring (bicyclic) bond motifs is 3. The first-order valence-electron chi connectivity index (χ1n) is 5.74. The first-order chi connectivity index (χ1) is 8.74. The van der Waals surface area contributed by atoms with Crippen molar-refractivity contribution in [1.29, 1.82) is 0 Å². The fraction of sp³-hybridized carbons (Fsp3) is 0.545. The van der Waals surface area contributed by atoms with Crippen LogP contribution in [0, 0.1) is 0 Å². The molecule has 0 aliphatic carbocycles. The molecule has 0 spiro atoms. The van der Waals surface area contributed by atoms with E-state index in [2.05, 4.69) is 15.3 Å². The van der Waals surface area contributed by atoms with Gasteiger partial charge >= 0.3 is 0 Å². The van der Waals surface area contributed by atoms with Gasteiger partial charge in [-0.15, -0.1) is 0 Å². The predicted molar refractivity (Wildman–Crippen MR) is 63.8 cm³/mol. The molecule has 0 saturated carbocycles. The molecular weight excluding hydrogens is 236 g/mol. The standard InChI is InChI=1S/C11H14N4O3/c1-17-6-3-7-10(16)14-8-9(15(7)4-6)12-5-13-11(8)18-2/h5-7H,3-4H2,1-2H3,(H,14,16). The number of aromatic nitrogens is 2. The van der Waals surface area contributed by atoms with Gasteiger partial charge < -0.3 is 19.7 Å². The van der Waals surface area contributed by atoms with Crippen LogP contribution in [0.1, 0.15) is 6.42 Å². The zero-order valence-electron chi connectivity index (χ0n) is 10.2. The van der Waals surface area contributed by atoms with E-state index in [0.29, 0.717) is 30.4 Å². The molecule has 0 bridgehead atoms. The number of carbonyl (C=O) groups is 1. The van der Waals surface area contributed by atoms with E-state index < -0.39 is 0 Å². The minimum absolute atomic E-state index is 0.0488. The van der Waals surface area contributed by atoms with E-state index in [1.165, 1.54) is 13.4 Å². The van der Waals surface area contributed by atoms with Crippen LogP contribution >= 0.6 is 0 Å². The lowest BCUT2D eigenvalue weighted by Crippen LogP contribution is -2.44. The molecular formula is C11H14N4O3. The Kier molecular flexibility index (Phi) is 2.55. The maximum atomic E-state index is 12.0. The van der Waals surface area contributed by atoms with Crippen LogP contribution in [0.4, 0.5) is 11.5 Å². The summed E-state index contributed by atoms with van der Waals surface area (Å²) in [6, 6.07) is -0.220. The highest BCUT2D eigenvalue weighted by atomic mass is 16.5. The Labute approximate surface area is 104 Å². The van der Waals surface area contributed by atoms with Gasteiger partial charge in [0.05, 0.1) is 13.2 Å². The molecule has 18 heavy (non-hydrogen) atoms. The van der Waals surface area contributed by atoms with Gasteiger partial charge in [-0.1, -0.05) is 0 Å². The summed E-state index contributed by atoms with van der Waals surface area (Å²) in [6.07, 6.45) is 2.16. The van der Waals surface area contributed by atoms with Crippen molar-refractivity contribution in [2.75, 3.05) is 31.0 Å².